The minimum Gasteiger partial charge on any atom is -0.324 e. The van der Waals surface area contributed by atoms with Crippen LogP contribution in [0.3, 0.4) is 0 Å². The lowest BCUT2D eigenvalue weighted by molar-refractivity contribution is -0.907. The zero-order chi connectivity index (χ0) is 16.1. The zero-order valence-corrected chi connectivity index (χ0v) is 13.2. The Balaban J connectivity index is 1.95. The topological polar surface area (TPSA) is 33.5 Å². The van der Waals surface area contributed by atoms with Gasteiger partial charge in [0.1, 0.15) is 12.4 Å². The van der Waals surface area contributed by atoms with Crippen molar-refractivity contribution in [2.45, 2.75) is 26.4 Å². The summed E-state index contributed by atoms with van der Waals surface area (Å²) in [5.41, 5.74) is 2.93. The van der Waals surface area contributed by atoms with Crippen molar-refractivity contribution in [3.63, 3.8) is 0 Å². The maximum Gasteiger partial charge on any atom is 0.282 e. The number of likely N-dealkylation sites (N-methyl/N-ethyl adjacent to an activating group) is 1. The lowest BCUT2D eigenvalue weighted by Crippen LogP contribution is -3.12. The first kappa shape index (κ1) is 16.2. The number of amides is 1. The fourth-order valence-corrected chi connectivity index (χ4v) is 2.27. The van der Waals surface area contributed by atoms with Gasteiger partial charge in [-0.3, -0.25) is 4.79 Å². The number of hydrogen-bond donors (Lipinski definition) is 2. The molecule has 0 radical (unpaired) electrons. The first-order valence-electron chi connectivity index (χ1n) is 7.40. The molecule has 0 spiro atoms. The highest BCUT2D eigenvalue weighted by Gasteiger charge is 2.22. The molecular weight excluding hydrogens is 279 g/mol. The quantitative estimate of drug-likeness (QED) is 0.872. The van der Waals surface area contributed by atoms with Gasteiger partial charge in [-0.15, -0.1) is 0 Å². The van der Waals surface area contributed by atoms with Crippen molar-refractivity contribution in [1.29, 1.82) is 0 Å². The van der Waals surface area contributed by atoms with E-state index in [-0.39, 0.29) is 17.8 Å². The third kappa shape index (κ3) is 4.40. The fraction of sp³-hybridized carbons (Fsp3) is 0.278. The maximum atomic E-state index is 12.9. The lowest BCUT2D eigenvalue weighted by Gasteiger charge is -2.21. The molecule has 2 atom stereocenters. The Morgan fingerprint density at radius 3 is 2.55 bits per heavy atom. The second-order valence-corrected chi connectivity index (χ2v) is 5.73. The van der Waals surface area contributed by atoms with E-state index in [9.17, 15) is 9.18 Å². The number of nitrogens with one attached hydrogen (secondary N) is 2. The number of carbonyl (C=O) groups is 1. The number of rotatable bonds is 5. The average Bonchev–Trinajstić information content (AvgIpc) is 2.48. The van der Waals surface area contributed by atoms with Gasteiger partial charge in [0.2, 0.25) is 0 Å². The normalized spacial score (nSPS) is 13.5. The van der Waals surface area contributed by atoms with Crippen molar-refractivity contribution in [1.82, 2.24) is 0 Å². The SMILES string of the molecule is Cc1cccc(NC(=O)[C@H](C)[NH+](C)Cc2ccc(F)cc2)c1. The molecular formula is C18H22FN2O+. The second kappa shape index (κ2) is 7.18. The van der Waals surface area contributed by atoms with Crippen molar-refractivity contribution in [3.05, 3.63) is 65.5 Å². The molecule has 2 N–H and O–H groups in total. The molecule has 2 aromatic rings. The third-order valence-corrected chi connectivity index (χ3v) is 3.81. The summed E-state index contributed by atoms with van der Waals surface area (Å²) in [6.45, 7) is 4.55. The molecule has 0 aromatic heterocycles. The van der Waals surface area contributed by atoms with Gasteiger partial charge in [-0.25, -0.2) is 4.39 Å². The Hall–Kier alpha value is -2.20. The van der Waals surface area contributed by atoms with Crippen LogP contribution in [0.2, 0.25) is 0 Å². The highest BCUT2D eigenvalue weighted by molar-refractivity contribution is 5.93. The number of aryl methyl sites for hydroxylation is 1. The molecule has 4 heteroatoms. The van der Waals surface area contributed by atoms with Crippen molar-refractivity contribution < 1.29 is 14.1 Å². The van der Waals surface area contributed by atoms with E-state index in [1.807, 2.05) is 45.2 Å². The van der Waals surface area contributed by atoms with Gasteiger partial charge >= 0.3 is 0 Å². The summed E-state index contributed by atoms with van der Waals surface area (Å²) >= 11 is 0. The highest BCUT2D eigenvalue weighted by Crippen LogP contribution is 2.09. The Morgan fingerprint density at radius 2 is 1.91 bits per heavy atom. The maximum absolute atomic E-state index is 12.9. The van der Waals surface area contributed by atoms with E-state index in [4.69, 9.17) is 0 Å². The van der Waals surface area contributed by atoms with Gasteiger partial charge in [0.05, 0.1) is 7.05 Å². The third-order valence-electron chi connectivity index (χ3n) is 3.81. The average molecular weight is 301 g/mol. The summed E-state index contributed by atoms with van der Waals surface area (Å²) in [4.78, 5) is 13.4. The van der Waals surface area contributed by atoms with Gasteiger partial charge in [-0.05, 0) is 43.7 Å². The van der Waals surface area contributed by atoms with Crippen LogP contribution in [0.15, 0.2) is 48.5 Å². The standard InChI is InChI=1S/C18H21FN2O/c1-13-5-4-6-17(11-13)20-18(22)14(2)21(3)12-15-7-9-16(19)10-8-15/h4-11,14H,12H2,1-3H3,(H,20,22)/p+1/t14-/m0/s1. The minimum atomic E-state index is -0.244. The molecule has 0 aliphatic rings. The molecule has 1 unspecified atom stereocenters. The molecule has 116 valence electrons. The first-order chi connectivity index (χ1) is 10.5. The van der Waals surface area contributed by atoms with Gasteiger partial charge in [0, 0.05) is 11.3 Å². The lowest BCUT2D eigenvalue weighted by atomic mass is 10.1. The van der Waals surface area contributed by atoms with Crippen molar-refractivity contribution >= 4 is 11.6 Å². The van der Waals surface area contributed by atoms with Crippen LogP contribution in [0.5, 0.6) is 0 Å². The van der Waals surface area contributed by atoms with E-state index >= 15 is 0 Å². The second-order valence-electron chi connectivity index (χ2n) is 5.73. The molecule has 0 bridgehead atoms. The first-order valence-corrected chi connectivity index (χ1v) is 7.40. The molecule has 3 nitrogen and oxygen atoms in total. The van der Waals surface area contributed by atoms with Crippen LogP contribution in [0.1, 0.15) is 18.1 Å². The van der Waals surface area contributed by atoms with Crippen LogP contribution >= 0.6 is 0 Å². The van der Waals surface area contributed by atoms with Crippen LogP contribution in [0.4, 0.5) is 10.1 Å². The largest absolute Gasteiger partial charge is 0.324 e. The molecule has 2 rings (SSSR count). The molecule has 2 aromatic carbocycles. The van der Waals surface area contributed by atoms with Gasteiger partial charge in [0.15, 0.2) is 6.04 Å². The van der Waals surface area contributed by atoms with E-state index in [1.165, 1.54) is 12.1 Å². The molecule has 0 saturated heterocycles. The molecule has 22 heavy (non-hydrogen) atoms. The van der Waals surface area contributed by atoms with E-state index in [1.54, 1.807) is 12.1 Å². The van der Waals surface area contributed by atoms with Gasteiger partial charge in [0.25, 0.3) is 5.91 Å². The Labute approximate surface area is 130 Å². The van der Waals surface area contributed by atoms with Gasteiger partial charge in [-0.1, -0.05) is 24.3 Å². The highest BCUT2D eigenvalue weighted by atomic mass is 19.1. The molecule has 1 amide bonds. The Kier molecular flexibility index (Phi) is 5.28. The van der Waals surface area contributed by atoms with Crippen molar-refractivity contribution in [3.8, 4) is 0 Å². The molecule has 0 saturated carbocycles. The van der Waals surface area contributed by atoms with Crippen LogP contribution in [0, 0.1) is 12.7 Å². The van der Waals surface area contributed by atoms with E-state index < -0.39 is 0 Å². The molecule has 0 fully saturated rings. The predicted molar refractivity (Wildman–Crippen MR) is 86.3 cm³/mol. The molecule has 0 aliphatic heterocycles. The van der Waals surface area contributed by atoms with Gasteiger partial charge < -0.3 is 10.2 Å². The summed E-state index contributed by atoms with van der Waals surface area (Å²) < 4.78 is 12.9. The summed E-state index contributed by atoms with van der Waals surface area (Å²) in [7, 11) is 1.96. The number of quaternary nitrogens is 1. The van der Waals surface area contributed by atoms with Crippen LogP contribution in [-0.4, -0.2) is 19.0 Å². The van der Waals surface area contributed by atoms with Gasteiger partial charge in [-0.2, -0.15) is 0 Å². The molecule has 0 heterocycles. The Morgan fingerprint density at radius 1 is 1.23 bits per heavy atom. The summed E-state index contributed by atoms with van der Waals surface area (Å²) in [5.74, 6) is -0.267. The smallest absolute Gasteiger partial charge is 0.282 e. The van der Waals surface area contributed by atoms with Crippen molar-refractivity contribution in [2.75, 3.05) is 12.4 Å². The number of carbonyl (C=O) groups excluding carboxylic acids is 1. The fourth-order valence-electron chi connectivity index (χ4n) is 2.27. The monoisotopic (exact) mass is 301 g/mol. The van der Waals surface area contributed by atoms with E-state index in [2.05, 4.69) is 5.32 Å². The van der Waals surface area contributed by atoms with E-state index in [0.717, 1.165) is 21.7 Å². The number of benzene rings is 2. The number of hydrogen-bond acceptors (Lipinski definition) is 1. The Bertz CT molecular complexity index is 640. The van der Waals surface area contributed by atoms with Crippen LogP contribution < -0.4 is 10.2 Å². The minimum absolute atomic E-state index is 0.0230. The summed E-state index contributed by atoms with van der Waals surface area (Å²) in [6.07, 6.45) is 0. The predicted octanol–water partition coefficient (Wildman–Crippen LogP) is 2.18. The number of anilines is 1. The van der Waals surface area contributed by atoms with Crippen molar-refractivity contribution in [2.24, 2.45) is 0 Å². The number of halogens is 1. The van der Waals surface area contributed by atoms with Crippen LogP contribution in [-0.2, 0) is 11.3 Å². The molecule has 0 aliphatic carbocycles. The van der Waals surface area contributed by atoms with E-state index in [0.29, 0.717) is 6.54 Å². The zero-order valence-electron chi connectivity index (χ0n) is 13.2. The van der Waals surface area contributed by atoms with Crippen LogP contribution in [0.25, 0.3) is 0 Å². The summed E-state index contributed by atoms with van der Waals surface area (Å²) in [5, 5.41) is 2.94. The summed E-state index contributed by atoms with van der Waals surface area (Å²) in [6, 6.07) is 13.9.